The highest BCUT2D eigenvalue weighted by Crippen LogP contribution is 2.26. The number of ether oxygens (including phenoxy) is 1. The van der Waals surface area contributed by atoms with E-state index in [1.807, 2.05) is 6.92 Å². The first-order valence-corrected chi connectivity index (χ1v) is 7.57. The minimum Gasteiger partial charge on any atom is -0.494 e. The maximum atomic E-state index is 11.8. The van der Waals surface area contributed by atoms with Crippen molar-refractivity contribution in [1.82, 2.24) is 0 Å². The van der Waals surface area contributed by atoms with E-state index in [2.05, 4.69) is 5.32 Å². The average Bonchev–Trinajstić information content (AvgIpc) is 2.45. The van der Waals surface area contributed by atoms with Gasteiger partial charge in [-0.15, -0.1) is 0 Å². The number of hydrogen-bond acceptors (Lipinski definition) is 5. The molecule has 0 saturated heterocycles. The van der Waals surface area contributed by atoms with E-state index in [4.69, 9.17) is 15.6 Å². The Labute approximate surface area is 123 Å². The third-order valence-corrected chi connectivity index (χ3v) is 3.95. The van der Waals surface area contributed by atoms with Crippen molar-refractivity contribution in [2.75, 3.05) is 30.5 Å². The van der Waals surface area contributed by atoms with Gasteiger partial charge in [-0.2, -0.15) is 11.8 Å². The van der Waals surface area contributed by atoms with E-state index in [-0.39, 0.29) is 17.8 Å². The largest absolute Gasteiger partial charge is 0.494 e. The number of carbonyl (C=O) groups is 1. The standard InChI is InChI=1S/C14H22N2O3S/c1-10(9-17)20-7-3-4-14(18)16-12-6-5-11(15)8-13(12)19-2/h5-6,8,10,17H,3-4,7,9,15H2,1-2H3,(H,16,18). The molecule has 0 radical (unpaired) electrons. The van der Waals surface area contributed by atoms with Gasteiger partial charge in [-0.25, -0.2) is 0 Å². The molecule has 1 aromatic rings. The molecule has 0 bridgehead atoms. The van der Waals surface area contributed by atoms with E-state index in [1.54, 1.807) is 30.0 Å². The fourth-order valence-corrected chi connectivity index (χ4v) is 2.41. The van der Waals surface area contributed by atoms with Crippen LogP contribution in [0, 0.1) is 0 Å². The Kier molecular flexibility index (Phi) is 7.25. The third-order valence-electron chi connectivity index (χ3n) is 2.71. The molecule has 0 fully saturated rings. The zero-order valence-corrected chi connectivity index (χ0v) is 12.7. The number of rotatable bonds is 8. The number of nitrogen functional groups attached to an aromatic ring is 1. The molecule has 6 heteroatoms. The van der Waals surface area contributed by atoms with Crippen molar-refractivity contribution in [3.63, 3.8) is 0 Å². The van der Waals surface area contributed by atoms with Crippen molar-refractivity contribution in [2.45, 2.75) is 25.0 Å². The van der Waals surface area contributed by atoms with Crippen LogP contribution in [0.5, 0.6) is 5.75 Å². The van der Waals surface area contributed by atoms with Crippen LogP contribution in [-0.4, -0.2) is 35.7 Å². The van der Waals surface area contributed by atoms with Crippen molar-refractivity contribution in [3.05, 3.63) is 18.2 Å². The Morgan fingerprint density at radius 1 is 1.55 bits per heavy atom. The summed E-state index contributed by atoms with van der Waals surface area (Å²) in [6.07, 6.45) is 1.22. The van der Waals surface area contributed by atoms with E-state index in [0.29, 0.717) is 23.5 Å². The van der Waals surface area contributed by atoms with Crippen LogP contribution >= 0.6 is 11.8 Å². The van der Waals surface area contributed by atoms with Gasteiger partial charge < -0.3 is 20.9 Å². The van der Waals surface area contributed by atoms with Gasteiger partial charge in [0, 0.05) is 23.4 Å². The second-order valence-corrected chi connectivity index (χ2v) is 6.02. The number of benzene rings is 1. The minimum absolute atomic E-state index is 0.0506. The van der Waals surface area contributed by atoms with Gasteiger partial charge in [-0.1, -0.05) is 6.92 Å². The van der Waals surface area contributed by atoms with E-state index < -0.39 is 0 Å². The maximum Gasteiger partial charge on any atom is 0.224 e. The first kappa shape index (κ1) is 16.7. The summed E-state index contributed by atoms with van der Waals surface area (Å²) in [6.45, 7) is 2.13. The topological polar surface area (TPSA) is 84.6 Å². The van der Waals surface area contributed by atoms with Crippen molar-refractivity contribution in [1.29, 1.82) is 0 Å². The number of aliphatic hydroxyl groups is 1. The molecule has 0 saturated carbocycles. The molecule has 1 amide bonds. The van der Waals surface area contributed by atoms with Gasteiger partial charge in [-0.05, 0) is 24.3 Å². The van der Waals surface area contributed by atoms with Crippen LogP contribution in [0.15, 0.2) is 18.2 Å². The monoisotopic (exact) mass is 298 g/mol. The van der Waals surface area contributed by atoms with E-state index in [0.717, 1.165) is 12.2 Å². The molecule has 0 aliphatic carbocycles. The molecule has 0 spiro atoms. The normalized spacial score (nSPS) is 11.9. The number of anilines is 2. The fraction of sp³-hybridized carbons (Fsp3) is 0.500. The summed E-state index contributed by atoms with van der Waals surface area (Å²) in [6, 6.07) is 5.12. The zero-order valence-electron chi connectivity index (χ0n) is 11.9. The molecule has 20 heavy (non-hydrogen) atoms. The number of nitrogens with one attached hydrogen (secondary N) is 1. The Morgan fingerprint density at radius 3 is 2.95 bits per heavy atom. The second-order valence-electron chi connectivity index (χ2n) is 4.48. The second kappa shape index (κ2) is 8.71. The molecule has 0 aromatic heterocycles. The number of thioether (sulfide) groups is 1. The van der Waals surface area contributed by atoms with E-state index >= 15 is 0 Å². The smallest absolute Gasteiger partial charge is 0.224 e. The molecule has 0 aliphatic heterocycles. The van der Waals surface area contributed by atoms with Gasteiger partial charge in [-0.3, -0.25) is 4.79 Å². The predicted molar refractivity (Wildman–Crippen MR) is 84.3 cm³/mol. The molecule has 1 aromatic carbocycles. The highest BCUT2D eigenvalue weighted by atomic mass is 32.2. The fourth-order valence-electron chi connectivity index (χ4n) is 1.59. The Hall–Kier alpha value is -1.40. The molecule has 4 N–H and O–H groups in total. The van der Waals surface area contributed by atoms with Gasteiger partial charge in [0.05, 0.1) is 19.4 Å². The quantitative estimate of drug-likeness (QED) is 0.505. The summed E-state index contributed by atoms with van der Waals surface area (Å²) >= 11 is 1.66. The summed E-state index contributed by atoms with van der Waals surface area (Å²) in [5.41, 5.74) is 6.88. The molecule has 5 nitrogen and oxygen atoms in total. The Balaban J connectivity index is 2.39. The van der Waals surface area contributed by atoms with Gasteiger partial charge in [0.15, 0.2) is 0 Å². The number of hydrogen-bond donors (Lipinski definition) is 3. The average molecular weight is 298 g/mol. The van der Waals surface area contributed by atoms with Gasteiger partial charge in [0.2, 0.25) is 5.91 Å². The van der Waals surface area contributed by atoms with Gasteiger partial charge in [0.25, 0.3) is 0 Å². The zero-order chi connectivity index (χ0) is 15.0. The van der Waals surface area contributed by atoms with Crippen LogP contribution < -0.4 is 15.8 Å². The molecule has 112 valence electrons. The van der Waals surface area contributed by atoms with Crippen LogP contribution in [-0.2, 0) is 4.79 Å². The summed E-state index contributed by atoms with van der Waals surface area (Å²) in [7, 11) is 1.54. The van der Waals surface area contributed by atoms with Crippen molar-refractivity contribution in [3.8, 4) is 5.75 Å². The van der Waals surface area contributed by atoms with Crippen LogP contribution in [0.25, 0.3) is 0 Å². The Morgan fingerprint density at radius 2 is 2.30 bits per heavy atom. The minimum atomic E-state index is -0.0506. The summed E-state index contributed by atoms with van der Waals surface area (Å²) in [5, 5.41) is 11.9. The SMILES string of the molecule is COc1cc(N)ccc1NC(=O)CCCSC(C)CO. The van der Waals surface area contributed by atoms with Crippen molar-refractivity contribution < 1.29 is 14.6 Å². The first-order chi connectivity index (χ1) is 9.56. The van der Waals surface area contributed by atoms with Crippen LogP contribution in [0.3, 0.4) is 0 Å². The van der Waals surface area contributed by atoms with E-state index in [9.17, 15) is 4.79 Å². The number of aliphatic hydroxyl groups excluding tert-OH is 1. The van der Waals surface area contributed by atoms with Crippen molar-refractivity contribution >= 4 is 29.0 Å². The third kappa shape index (κ3) is 5.71. The first-order valence-electron chi connectivity index (χ1n) is 6.52. The highest BCUT2D eigenvalue weighted by Gasteiger charge is 2.08. The summed E-state index contributed by atoms with van der Waals surface area (Å²) in [4.78, 5) is 11.8. The lowest BCUT2D eigenvalue weighted by Gasteiger charge is -2.11. The van der Waals surface area contributed by atoms with Crippen LogP contribution in [0.2, 0.25) is 0 Å². The molecule has 1 atom stereocenters. The number of amides is 1. The number of carbonyl (C=O) groups excluding carboxylic acids is 1. The number of methoxy groups -OCH3 is 1. The van der Waals surface area contributed by atoms with Gasteiger partial charge in [0.1, 0.15) is 5.75 Å². The van der Waals surface area contributed by atoms with E-state index in [1.165, 1.54) is 7.11 Å². The summed E-state index contributed by atoms with van der Waals surface area (Å²) < 4.78 is 5.17. The lowest BCUT2D eigenvalue weighted by Crippen LogP contribution is -2.13. The van der Waals surface area contributed by atoms with Gasteiger partial charge >= 0.3 is 0 Å². The van der Waals surface area contributed by atoms with Crippen molar-refractivity contribution in [2.24, 2.45) is 0 Å². The predicted octanol–water partition coefficient (Wildman–Crippen LogP) is 2.11. The van der Waals surface area contributed by atoms with Crippen LogP contribution in [0.1, 0.15) is 19.8 Å². The molecule has 1 unspecified atom stereocenters. The molecular weight excluding hydrogens is 276 g/mol. The molecule has 0 heterocycles. The Bertz CT molecular complexity index is 440. The molecule has 0 aliphatic rings. The molecule has 1 rings (SSSR count). The van der Waals surface area contributed by atoms with Crippen LogP contribution in [0.4, 0.5) is 11.4 Å². The highest BCUT2D eigenvalue weighted by molar-refractivity contribution is 7.99. The molecular formula is C14H22N2O3S. The maximum absolute atomic E-state index is 11.8. The number of nitrogens with two attached hydrogens (primary N) is 1. The summed E-state index contributed by atoms with van der Waals surface area (Å²) in [5.74, 6) is 1.36. The lowest BCUT2D eigenvalue weighted by atomic mass is 10.2. The lowest BCUT2D eigenvalue weighted by molar-refractivity contribution is -0.116.